The quantitative estimate of drug-likeness (QED) is 0.633. The lowest BCUT2D eigenvalue weighted by atomic mass is 10.2. The summed E-state index contributed by atoms with van der Waals surface area (Å²) in [7, 11) is 1.51. The number of nitrogens with zero attached hydrogens (tertiary/aromatic N) is 1. The average Bonchev–Trinajstić information content (AvgIpc) is 2.81. The van der Waals surface area contributed by atoms with Gasteiger partial charge in [-0.2, -0.15) is 0 Å². The van der Waals surface area contributed by atoms with Crippen LogP contribution in [0.3, 0.4) is 0 Å². The number of non-ortho nitro benzene ring substituents is 1. The number of nitro benzene ring substituents is 1. The van der Waals surface area contributed by atoms with Crippen molar-refractivity contribution >= 4 is 5.69 Å². The highest BCUT2D eigenvalue weighted by Gasteiger charge is 2.19. The number of rotatable bonds is 4. The number of benzene rings is 1. The highest BCUT2D eigenvalue weighted by molar-refractivity contribution is 5.48. The van der Waals surface area contributed by atoms with Crippen molar-refractivity contribution in [1.29, 1.82) is 0 Å². The number of hydrogen-bond donors (Lipinski definition) is 1. The van der Waals surface area contributed by atoms with Gasteiger partial charge in [-0.25, -0.2) is 0 Å². The molecule has 0 spiro atoms. The maximum atomic E-state index is 10.7. The van der Waals surface area contributed by atoms with Crippen molar-refractivity contribution in [3.8, 4) is 11.5 Å². The summed E-state index contributed by atoms with van der Waals surface area (Å²) in [5.41, 5.74) is 0.00626. The van der Waals surface area contributed by atoms with Gasteiger partial charge in [-0.15, -0.1) is 0 Å². The monoisotopic (exact) mass is 238 g/mol. The van der Waals surface area contributed by atoms with Gasteiger partial charge in [0.05, 0.1) is 18.1 Å². The van der Waals surface area contributed by atoms with Crippen molar-refractivity contribution in [3.05, 3.63) is 28.3 Å². The van der Waals surface area contributed by atoms with E-state index in [1.54, 1.807) is 6.07 Å². The minimum atomic E-state index is -0.445. The molecular weight excluding hydrogens is 224 g/mol. The molecule has 92 valence electrons. The summed E-state index contributed by atoms with van der Waals surface area (Å²) in [6, 6.07) is 4.35. The van der Waals surface area contributed by atoms with Crippen molar-refractivity contribution in [2.75, 3.05) is 20.2 Å². The zero-order valence-electron chi connectivity index (χ0n) is 9.51. The zero-order valence-corrected chi connectivity index (χ0v) is 9.51. The lowest BCUT2D eigenvalue weighted by Gasteiger charge is -2.14. The fourth-order valence-corrected chi connectivity index (χ4v) is 1.78. The Balaban J connectivity index is 2.21. The molecule has 0 aliphatic carbocycles. The summed E-state index contributed by atoms with van der Waals surface area (Å²) in [4.78, 5) is 10.2. The first kappa shape index (κ1) is 11.7. The molecule has 1 fully saturated rings. The summed E-state index contributed by atoms with van der Waals surface area (Å²) in [5.74, 6) is 0.943. The second-order valence-corrected chi connectivity index (χ2v) is 3.82. The van der Waals surface area contributed by atoms with Gasteiger partial charge >= 0.3 is 0 Å². The van der Waals surface area contributed by atoms with Crippen molar-refractivity contribution in [3.63, 3.8) is 0 Å². The Hall–Kier alpha value is -1.82. The van der Waals surface area contributed by atoms with Crippen molar-refractivity contribution < 1.29 is 14.4 Å². The first-order chi connectivity index (χ1) is 8.20. The second-order valence-electron chi connectivity index (χ2n) is 3.82. The van der Waals surface area contributed by atoms with E-state index in [-0.39, 0.29) is 11.8 Å². The van der Waals surface area contributed by atoms with E-state index in [2.05, 4.69) is 5.32 Å². The van der Waals surface area contributed by atoms with Gasteiger partial charge in [0.15, 0.2) is 11.5 Å². The molecule has 6 nitrogen and oxygen atoms in total. The third kappa shape index (κ3) is 2.65. The van der Waals surface area contributed by atoms with Crippen LogP contribution in [0.2, 0.25) is 0 Å². The van der Waals surface area contributed by atoms with Gasteiger partial charge in [0.2, 0.25) is 0 Å². The van der Waals surface area contributed by atoms with Gasteiger partial charge < -0.3 is 14.8 Å². The van der Waals surface area contributed by atoms with Crippen LogP contribution in [0, 0.1) is 10.1 Å². The van der Waals surface area contributed by atoms with Crippen LogP contribution < -0.4 is 14.8 Å². The third-order valence-electron chi connectivity index (χ3n) is 2.67. The number of nitro groups is 1. The molecule has 0 aromatic heterocycles. The van der Waals surface area contributed by atoms with Crippen LogP contribution >= 0.6 is 0 Å². The van der Waals surface area contributed by atoms with E-state index in [0.717, 1.165) is 19.5 Å². The van der Waals surface area contributed by atoms with Crippen LogP contribution in [0.1, 0.15) is 6.42 Å². The molecule has 1 heterocycles. The van der Waals surface area contributed by atoms with Crippen molar-refractivity contribution in [2.45, 2.75) is 12.5 Å². The average molecular weight is 238 g/mol. The largest absolute Gasteiger partial charge is 0.493 e. The van der Waals surface area contributed by atoms with Crippen LogP contribution in [0.15, 0.2) is 18.2 Å². The van der Waals surface area contributed by atoms with E-state index in [0.29, 0.717) is 11.5 Å². The SMILES string of the molecule is COc1ccc([N+](=O)[O-])cc1OC1CCNC1. The van der Waals surface area contributed by atoms with Crippen LogP contribution in [0.5, 0.6) is 11.5 Å². The molecule has 1 unspecified atom stereocenters. The molecule has 1 saturated heterocycles. The zero-order chi connectivity index (χ0) is 12.3. The number of nitrogens with one attached hydrogen (secondary N) is 1. The second kappa shape index (κ2) is 5.01. The maximum absolute atomic E-state index is 10.7. The molecule has 1 aliphatic rings. The Morgan fingerprint density at radius 2 is 2.29 bits per heavy atom. The standard InChI is InChI=1S/C11H14N2O4/c1-16-10-3-2-8(13(14)15)6-11(10)17-9-4-5-12-7-9/h2-3,6,9,12H,4-5,7H2,1H3. The fourth-order valence-electron chi connectivity index (χ4n) is 1.78. The molecule has 0 saturated carbocycles. The van der Waals surface area contributed by atoms with Gasteiger partial charge in [-0.1, -0.05) is 0 Å². The Bertz CT molecular complexity index is 416. The van der Waals surface area contributed by atoms with E-state index in [1.807, 2.05) is 0 Å². The van der Waals surface area contributed by atoms with Gasteiger partial charge in [0.1, 0.15) is 6.10 Å². The van der Waals surface area contributed by atoms with E-state index >= 15 is 0 Å². The van der Waals surface area contributed by atoms with Gasteiger partial charge in [0, 0.05) is 12.6 Å². The first-order valence-corrected chi connectivity index (χ1v) is 5.40. The molecular formula is C11H14N2O4. The summed E-state index contributed by atoms with van der Waals surface area (Å²) < 4.78 is 10.8. The number of hydrogen-bond acceptors (Lipinski definition) is 5. The van der Waals surface area contributed by atoms with Gasteiger partial charge in [-0.3, -0.25) is 10.1 Å². The lowest BCUT2D eigenvalue weighted by molar-refractivity contribution is -0.385. The summed E-state index contributed by atoms with van der Waals surface area (Å²) >= 11 is 0. The van der Waals surface area contributed by atoms with E-state index < -0.39 is 4.92 Å². The molecule has 0 bridgehead atoms. The third-order valence-corrected chi connectivity index (χ3v) is 2.67. The van der Waals surface area contributed by atoms with Crippen molar-refractivity contribution in [1.82, 2.24) is 5.32 Å². The first-order valence-electron chi connectivity index (χ1n) is 5.40. The number of ether oxygens (including phenoxy) is 2. The maximum Gasteiger partial charge on any atom is 0.273 e. The van der Waals surface area contributed by atoms with Gasteiger partial charge in [0.25, 0.3) is 5.69 Å². The Morgan fingerprint density at radius 3 is 2.88 bits per heavy atom. The molecule has 2 rings (SSSR count). The van der Waals surface area contributed by atoms with Crippen LogP contribution in [0.25, 0.3) is 0 Å². The van der Waals surface area contributed by atoms with Crippen LogP contribution in [0.4, 0.5) is 5.69 Å². The highest BCUT2D eigenvalue weighted by atomic mass is 16.6. The minimum Gasteiger partial charge on any atom is -0.493 e. The Morgan fingerprint density at radius 1 is 1.47 bits per heavy atom. The minimum absolute atomic E-state index is 0.00626. The molecule has 0 radical (unpaired) electrons. The Labute approximate surface area is 98.7 Å². The van der Waals surface area contributed by atoms with Crippen molar-refractivity contribution in [2.24, 2.45) is 0 Å². The molecule has 1 aliphatic heterocycles. The van der Waals surface area contributed by atoms with Crippen LogP contribution in [-0.2, 0) is 0 Å². The molecule has 17 heavy (non-hydrogen) atoms. The predicted octanol–water partition coefficient (Wildman–Crippen LogP) is 1.34. The molecule has 1 atom stereocenters. The van der Waals surface area contributed by atoms with Crippen LogP contribution in [-0.4, -0.2) is 31.2 Å². The molecule has 1 aromatic carbocycles. The number of methoxy groups -OCH3 is 1. The van der Waals surface area contributed by atoms with Gasteiger partial charge in [-0.05, 0) is 19.0 Å². The van der Waals surface area contributed by atoms with E-state index in [9.17, 15) is 10.1 Å². The summed E-state index contributed by atoms with van der Waals surface area (Å²) in [6.07, 6.45) is 0.942. The van der Waals surface area contributed by atoms with E-state index in [1.165, 1.54) is 19.2 Å². The fraction of sp³-hybridized carbons (Fsp3) is 0.455. The molecule has 6 heteroatoms. The predicted molar refractivity (Wildman–Crippen MR) is 61.6 cm³/mol. The van der Waals surface area contributed by atoms with E-state index in [4.69, 9.17) is 9.47 Å². The molecule has 1 N–H and O–H groups in total. The smallest absolute Gasteiger partial charge is 0.273 e. The highest BCUT2D eigenvalue weighted by Crippen LogP contribution is 2.32. The normalized spacial score (nSPS) is 19.0. The molecule has 0 amide bonds. The summed E-state index contributed by atoms with van der Waals surface area (Å²) in [5, 5.41) is 13.9. The molecule has 1 aromatic rings. The Kier molecular flexibility index (Phi) is 3.43. The lowest BCUT2D eigenvalue weighted by Crippen LogP contribution is -2.19. The topological polar surface area (TPSA) is 73.6 Å². The summed E-state index contributed by atoms with van der Waals surface area (Å²) in [6.45, 7) is 1.66.